The summed E-state index contributed by atoms with van der Waals surface area (Å²) in [6, 6.07) is 0. The normalized spacial score (nSPS) is 32.9. The van der Waals surface area contributed by atoms with Crippen LogP contribution in [-0.2, 0) is 4.74 Å². The van der Waals surface area contributed by atoms with E-state index in [0.717, 1.165) is 10.8 Å². The predicted molar refractivity (Wildman–Crippen MR) is 54.5 cm³/mol. The molecule has 0 aromatic carbocycles. The van der Waals surface area contributed by atoms with Gasteiger partial charge in [-0.05, 0) is 6.92 Å². The second kappa shape index (κ2) is 4.06. The number of hydrogen-bond acceptors (Lipinski definition) is 6. The van der Waals surface area contributed by atoms with E-state index in [1.807, 2.05) is 0 Å². The third-order valence-electron chi connectivity index (χ3n) is 2.69. The van der Waals surface area contributed by atoms with E-state index in [-0.39, 0.29) is 0 Å². The lowest BCUT2D eigenvalue weighted by Crippen LogP contribution is -2.35. The van der Waals surface area contributed by atoms with E-state index in [0.29, 0.717) is 0 Å². The van der Waals surface area contributed by atoms with Gasteiger partial charge in [-0.15, -0.1) is 0 Å². The number of aliphatic hydroxyl groups excluding tert-OH is 2. The van der Waals surface area contributed by atoms with Gasteiger partial charge in [-0.1, -0.05) is 0 Å². The Hall–Kier alpha value is -1.51. The quantitative estimate of drug-likeness (QED) is 0.561. The Morgan fingerprint density at radius 1 is 1.53 bits per heavy atom. The van der Waals surface area contributed by atoms with E-state index in [9.17, 15) is 19.4 Å². The second-order valence-corrected chi connectivity index (χ2v) is 3.88. The van der Waals surface area contributed by atoms with Crippen molar-refractivity contribution in [2.45, 2.75) is 31.5 Å². The first-order valence-corrected chi connectivity index (χ1v) is 4.97. The highest BCUT2D eigenvalue weighted by atomic mass is 19.1. The van der Waals surface area contributed by atoms with Gasteiger partial charge in [-0.25, -0.2) is 9.18 Å². The molecule has 2 rings (SSSR count). The van der Waals surface area contributed by atoms with Gasteiger partial charge in [-0.2, -0.15) is 4.98 Å². The van der Waals surface area contributed by atoms with E-state index in [1.54, 1.807) is 0 Å². The average Bonchev–Trinajstić information content (AvgIpc) is 2.51. The van der Waals surface area contributed by atoms with Crippen LogP contribution in [0.4, 0.5) is 10.2 Å². The monoisotopic (exact) mass is 245 g/mol. The summed E-state index contributed by atoms with van der Waals surface area (Å²) in [5, 5.41) is 19.1. The van der Waals surface area contributed by atoms with Crippen molar-refractivity contribution in [1.29, 1.82) is 0 Å². The Labute approximate surface area is 95.3 Å². The van der Waals surface area contributed by atoms with Crippen LogP contribution in [-0.4, -0.2) is 38.1 Å². The summed E-state index contributed by atoms with van der Waals surface area (Å²) in [6.07, 6.45) is -3.51. The molecular weight excluding hydrogens is 233 g/mol. The number of nitrogens with two attached hydrogens (primary N) is 1. The highest BCUT2D eigenvalue weighted by Gasteiger charge is 2.41. The minimum absolute atomic E-state index is 0.521. The second-order valence-electron chi connectivity index (χ2n) is 3.88. The summed E-state index contributed by atoms with van der Waals surface area (Å²) in [6.45, 7) is 1.53. The molecule has 4 N–H and O–H groups in total. The zero-order valence-corrected chi connectivity index (χ0v) is 8.95. The van der Waals surface area contributed by atoms with Crippen molar-refractivity contribution in [3.8, 4) is 0 Å². The van der Waals surface area contributed by atoms with Crippen LogP contribution in [0.15, 0.2) is 11.0 Å². The highest BCUT2D eigenvalue weighted by Crippen LogP contribution is 2.28. The minimum atomic E-state index is -1.33. The number of hydrogen-bond donors (Lipinski definition) is 3. The summed E-state index contributed by atoms with van der Waals surface area (Å²) in [7, 11) is 0. The standard InChI is InChI=1S/C9H12FN3O4/c1-3-5(14)6(15)8(17-3)13-2-4(10)7(11)12-9(13)16/h2-3,5-6,8,14-15H,1H3,(H2,11,12,16)/t3-,5+,6?,8-/m1/s1. The van der Waals surface area contributed by atoms with Crippen LogP contribution in [0.1, 0.15) is 13.2 Å². The van der Waals surface area contributed by atoms with Gasteiger partial charge in [0.05, 0.1) is 12.3 Å². The fraction of sp³-hybridized carbons (Fsp3) is 0.556. The van der Waals surface area contributed by atoms with Crippen molar-refractivity contribution < 1.29 is 19.3 Å². The van der Waals surface area contributed by atoms with Crippen LogP contribution in [0.3, 0.4) is 0 Å². The van der Waals surface area contributed by atoms with Crippen molar-refractivity contribution in [2.75, 3.05) is 5.73 Å². The maximum absolute atomic E-state index is 13.2. The summed E-state index contributed by atoms with van der Waals surface area (Å²) < 4.78 is 19.1. The van der Waals surface area contributed by atoms with Gasteiger partial charge < -0.3 is 20.7 Å². The first kappa shape index (κ1) is 12.0. The van der Waals surface area contributed by atoms with Gasteiger partial charge in [0.15, 0.2) is 17.9 Å². The molecule has 7 nitrogen and oxygen atoms in total. The van der Waals surface area contributed by atoms with Gasteiger partial charge in [0.25, 0.3) is 0 Å². The van der Waals surface area contributed by atoms with Crippen LogP contribution in [0, 0.1) is 5.82 Å². The zero-order valence-electron chi connectivity index (χ0n) is 8.95. The molecule has 0 saturated carbocycles. The predicted octanol–water partition coefficient (Wildman–Crippen LogP) is -1.40. The van der Waals surface area contributed by atoms with E-state index in [4.69, 9.17) is 10.5 Å². The molecule has 1 saturated heterocycles. The molecule has 0 amide bonds. The summed E-state index contributed by atoms with van der Waals surface area (Å²) in [4.78, 5) is 14.7. The zero-order chi connectivity index (χ0) is 12.7. The molecule has 2 heterocycles. The third kappa shape index (κ3) is 1.90. The molecule has 1 fully saturated rings. The molecule has 1 aliphatic rings. The molecule has 8 heteroatoms. The number of nitrogen functional groups attached to an aromatic ring is 1. The number of aromatic nitrogens is 2. The molecule has 1 aromatic heterocycles. The molecule has 1 aromatic rings. The lowest BCUT2D eigenvalue weighted by molar-refractivity contribution is -0.0355. The molecule has 0 bridgehead atoms. The van der Waals surface area contributed by atoms with Gasteiger partial charge in [0.1, 0.15) is 12.2 Å². The first-order chi connectivity index (χ1) is 7.91. The Morgan fingerprint density at radius 3 is 2.71 bits per heavy atom. The number of aliphatic hydroxyl groups is 2. The largest absolute Gasteiger partial charge is 0.388 e. The smallest absolute Gasteiger partial charge is 0.351 e. The molecule has 0 spiro atoms. The Morgan fingerprint density at radius 2 is 2.18 bits per heavy atom. The fourth-order valence-corrected chi connectivity index (χ4v) is 1.70. The highest BCUT2D eigenvalue weighted by molar-refractivity contribution is 5.26. The Bertz CT molecular complexity index is 492. The molecule has 17 heavy (non-hydrogen) atoms. The Kier molecular flexibility index (Phi) is 2.86. The lowest BCUT2D eigenvalue weighted by atomic mass is 10.1. The van der Waals surface area contributed by atoms with Gasteiger partial charge in [0, 0.05) is 0 Å². The number of ether oxygens (including phenoxy) is 1. The van der Waals surface area contributed by atoms with Crippen molar-refractivity contribution in [2.24, 2.45) is 0 Å². The molecule has 4 atom stereocenters. The summed E-state index contributed by atoms with van der Waals surface area (Å²) >= 11 is 0. The van der Waals surface area contributed by atoms with Gasteiger partial charge in [-0.3, -0.25) is 4.57 Å². The van der Waals surface area contributed by atoms with Crippen LogP contribution in [0.25, 0.3) is 0 Å². The topological polar surface area (TPSA) is 111 Å². The van der Waals surface area contributed by atoms with Crippen LogP contribution in [0.2, 0.25) is 0 Å². The summed E-state index contributed by atoms with van der Waals surface area (Å²) in [5.41, 5.74) is 4.27. The van der Waals surface area contributed by atoms with E-state index < -0.39 is 41.9 Å². The molecule has 1 aliphatic heterocycles. The summed E-state index contributed by atoms with van der Waals surface area (Å²) in [5.74, 6) is -1.42. The first-order valence-electron chi connectivity index (χ1n) is 4.97. The maximum Gasteiger partial charge on any atom is 0.351 e. The SMILES string of the molecule is C[C@H]1O[C@@H](n2cc(F)c(N)nc2=O)C(O)[C@H]1O. The van der Waals surface area contributed by atoms with Gasteiger partial charge >= 0.3 is 5.69 Å². The number of rotatable bonds is 1. The van der Waals surface area contributed by atoms with Crippen molar-refractivity contribution in [3.05, 3.63) is 22.5 Å². The molecule has 94 valence electrons. The van der Waals surface area contributed by atoms with E-state index >= 15 is 0 Å². The van der Waals surface area contributed by atoms with Crippen LogP contribution >= 0.6 is 0 Å². The molecular formula is C9H12FN3O4. The minimum Gasteiger partial charge on any atom is -0.388 e. The maximum atomic E-state index is 13.2. The van der Waals surface area contributed by atoms with E-state index in [1.165, 1.54) is 6.92 Å². The number of nitrogens with zero attached hydrogens (tertiary/aromatic N) is 2. The fourth-order valence-electron chi connectivity index (χ4n) is 1.70. The Balaban J connectivity index is 2.42. The van der Waals surface area contributed by atoms with Crippen molar-refractivity contribution in [1.82, 2.24) is 9.55 Å². The number of halogens is 1. The average molecular weight is 245 g/mol. The molecule has 0 aliphatic carbocycles. The van der Waals surface area contributed by atoms with E-state index in [2.05, 4.69) is 4.98 Å². The molecule has 1 unspecified atom stereocenters. The van der Waals surface area contributed by atoms with Crippen LogP contribution < -0.4 is 11.4 Å². The number of anilines is 1. The van der Waals surface area contributed by atoms with Crippen LogP contribution in [0.5, 0.6) is 0 Å². The molecule has 0 radical (unpaired) electrons. The van der Waals surface area contributed by atoms with Crippen molar-refractivity contribution in [3.63, 3.8) is 0 Å². The van der Waals surface area contributed by atoms with Gasteiger partial charge in [0.2, 0.25) is 0 Å². The lowest BCUT2D eigenvalue weighted by Gasteiger charge is -2.17. The van der Waals surface area contributed by atoms with Crippen molar-refractivity contribution >= 4 is 5.82 Å². The third-order valence-corrected chi connectivity index (χ3v) is 2.69.